The Balaban J connectivity index is 2.21. The number of carboxylic acid groups (broad SMARTS) is 2. The minimum atomic E-state index is -4.62. The monoisotopic (exact) mass is 555 g/mol. The van der Waals surface area contributed by atoms with Gasteiger partial charge in [-0.25, -0.2) is 14.3 Å². The fraction of sp³-hybridized carbons (Fsp3) is 0.190. The number of nitrogen functional groups attached to an aromatic ring is 1. The van der Waals surface area contributed by atoms with Crippen molar-refractivity contribution in [3.05, 3.63) is 57.2 Å². The van der Waals surface area contributed by atoms with E-state index in [1.165, 1.54) is 12.1 Å². The van der Waals surface area contributed by atoms with E-state index >= 15 is 0 Å². The summed E-state index contributed by atoms with van der Waals surface area (Å²) in [5, 5.41) is 30.8. The number of aromatic nitrogens is 2. The molecular formula is C21H19Cl2N5O7S. The number of carbonyl (C=O) groups is 2. The second-order valence-electron chi connectivity index (χ2n) is 8.53. The number of halogens is 2. The Hall–Kier alpha value is -3.52. The summed E-state index contributed by atoms with van der Waals surface area (Å²) in [6.45, 7) is 5.41. The van der Waals surface area contributed by atoms with Gasteiger partial charge in [-0.15, -0.1) is 10.2 Å². The first-order chi connectivity index (χ1) is 16.5. The van der Waals surface area contributed by atoms with Crippen LogP contribution in [0.5, 0.6) is 0 Å². The molecule has 15 heteroatoms. The molecule has 2 aromatic carbocycles. The maximum atomic E-state index is 11.5. The molecule has 0 saturated heterocycles. The lowest BCUT2D eigenvalue weighted by atomic mass is 9.91. The first kappa shape index (κ1) is 27.1. The average molecular weight is 556 g/mol. The van der Waals surface area contributed by atoms with E-state index in [1.54, 1.807) is 20.8 Å². The molecule has 36 heavy (non-hydrogen) atoms. The van der Waals surface area contributed by atoms with Crippen LogP contribution in [-0.2, 0) is 15.5 Å². The van der Waals surface area contributed by atoms with Crippen molar-refractivity contribution in [3.8, 4) is 5.69 Å². The van der Waals surface area contributed by atoms with E-state index in [9.17, 15) is 32.8 Å². The van der Waals surface area contributed by atoms with Gasteiger partial charge in [0.2, 0.25) is 0 Å². The van der Waals surface area contributed by atoms with Crippen molar-refractivity contribution in [2.45, 2.75) is 31.1 Å². The van der Waals surface area contributed by atoms with Gasteiger partial charge in [0, 0.05) is 5.41 Å². The minimum absolute atomic E-state index is 0.0397. The summed E-state index contributed by atoms with van der Waals surface area (Å²) in [5.41, 5.74) is 5.48. The van der Waals surface area contributed by atoms with E-state index < -0.39 is 32.4 Å². The quantitative estimate of drug-likeness (QED) is 0.235. The molecule has 1 aromatic heterocycles. The molecule has 0 aliphatic rings. The second-order valence-corrected chi connectivity index (χ2v) is 10.7. The Morgan fingerprint density at radius 1 is 0.972 bits per heavy atom. The number of hydrogen-bond acceptors (Lipinski definition) is 8. The molecule has 0 spiro atoms. The van der Waals surface area contributed by atoms with E-state index in [1.807, 2.05) is 0 Å². The van der Waals surface area contributed by atoms with E-state index in [0.717, 1.165) is 22.9 Å². The van der Waals surface area contributed by atoms with E-state index in [-0.39, 0.29) is 44.1 Å². The van der Waals surface area contributed by atoms with E-state index in [4.69, 9.17) is 28.9 Å². The number of hydrogen-bond donors (Lipinski definition) is 4. The number of nitrogens with zero attached hydrogens (tertiary/aromatic N) is 4. The number of rotatable bonds is 6. The van der Waals surface area contributed by atoms with Gasteiger partial charge in [-0.2, -0.15) is 13.5 Å². The van der Waals surface area contributed by atoms with Crippen molar-refractivity contribution in [1.82, 2.24) is 9.78 Å². The van der Waals surface area contributed by atoms with E-state index in [0.29, 0.717) is 5.69 Å². The van der Waals surface area contributed by atoms with Gasteiger partial charge in [0.1, 0.15) is 10.6 Å². The molecule has 0 saturated carbocycles. The molecule has 0 radical (unpaired) electrons. The molecule has 0 amide bonds. The molecule has 0 unspecified atom stereocenters. The number of nitrogens with two attached hydrogens (primary N) is 1. The topological polar surface area (TPSA) is 198 Å². The van der Waals surface area contributed by atoms with Gasteiger partial charge in [-0.1, -0.05) is 44.0 Å². The van der Waals surface area contributed by atoms with Crippen LogP contribution in [0.15, 0.2) is 45.5 Å². The highest BCUT2D eigenvalue weighted by molar-refractivity contribution is 7.86. The van der Waals surface area contributed by atoms with Gasteiger partial charge in [0.15, 0.2) is 11.5 Å². The zero-order valence-electron chi connectivity index (χ0n) is 18.9. The highest BCUT2D eigenvalue weighted by Crippen LogP contribution is 2.40. The van der Waals surface area contributed by atoms with Gasteiger partial charge in [0.25, 0.3) is 10.1 Å². The highest BCUT2D eigenvalue weighted by atomic mass is 35.5. The summed E-state index contributed by atoms with van der Waals surface area (Å²) in [6.07, 6.45) is 0. The van der Waals surface area contributed by atoms with Crippen LogP contribution >= 0.6 is 23.2 Å². The SMILES string of the molecule is CC(C)(C)c1nn(-c2cc(C(=O)O)cc(C(=O)O)c2)c(N)c1N=Nc1cc(Cl)c(S(=O)(=O)O)cc1Cl. The lowest BCUT2D eigenvalue weighted by Crippen LogP contribution is -2.13. The predicted molar refractivity (Wildman–Crippen MR) is 131 cm³/mol. The molecule has 0 bridgehead atoms. The van der Waals surface area contributed by atoms with E-state index in [2.05, 4.69) is 15.3 Å². The third-order valence-corrected chi connectivity index (χ3v) is 6.42. The summed E-state index contributed by atoms with van der Waals surface area (Å²) in [7, 11) is -4.62. The highest BCUT2D eigenvalue weighted by Gasteiger charge is 2.28. The molecule has 12 nitrogen and oxygen atoms in total. The normalized spacial score (nSPS) is 12.3. The number of carboxylic acids is 2. The number of azo groups is 1. The Kier molecular flexibility index (Phi) is 7.15. The summed E-state index contributed by atoms with van der Waals surface area (Å²) in [6, 6.07) is 5.41. The Bertz CT molecular complexity index is 1510. The van der Waals surface area contributed by atoms with Crippen molar-refractivity contribution in [2.75, 3.05) is 5.73 Å². The standard InChI is InChI=1S/C21H19Cl2N5O7S/c1-21(2,3)17-16(26-25-14-7-13(23)15(8-12(14)22)36(33,34)35)18(24)28(27-17)11-5-9(19(29)30)4-10(6-11)20(31)32/h4-8H,24H2,1-3H3,(H,29,30)(H,31,32)(H,33,34,35). The first-order valence-electron chi connectivity index (χ1n) is 9.90. The zero-order valence-corrected chi connectivity index (χ0v) is 21.2. The number of benzene rings is 2. The summed E-state index contributed by atoms with van der Waals surface area (Å²) >= 11 is 12.0. The van der Waals surface area contributed by atoms with Gasteiger partial charge < -0.3 is 15.9 Å². The van der Waals surface area contributed by atoms with Gasteiger partial charge in [-0.05, 0) is 30.3 Å². The molecule has 3 aromatic rings. The molecule has 5 N–H and O–H groups in total. The lowest BCUT2D eigenvalue weighted by molar-refractivity contribution is 0.0696. The van der Waals surface area contributed by atoms with Gasteiger partial charge in [0.05, 0.1) is 32.6 Å². The Morgan fingerprint density at radius 3 is 2.00 bits per heavy atom. The van der Waals surface area contributed by atoms with Crippen LogP contribution in [0.1, 0.15) is 47.2 Å². The fourth-order valence-electron chi connectivity index (χ4n) is 3.10. The van der Waals surface area contributed by atoms with Crippen LogP contribution in [-0.4, -0.2) is 44.9 Å². The molecule has 1 heterocycles. The van der Waals surface area contributed by atoms with Gasteiger partial charge >= 0.3 is 11.9 Å². The molecule has 0 atom stereocenters. The first-order valence-corrected chi connectivity index (χ1v) is 12.1. The van der Waals surface area contributed by atoms with Crippen molar-refractivity contribution < 1.29 is 32.8 Å². The van der Waals surface area contributed by atoms with Crippen LogP contribution in [0.25, 0.3) is 5.69 Å². The van der Waals surface area contributed by atoms with Crippen LogP contribution in [0, 0.1) is 0 Å². The largest absolute Gasteiger partial charge is 0.478 e. The van der Waals surface area contributed by atoms with Crippen LogP contribution in [0.3, 0.4) is 0 Å². The fourth-order valence-corrected chi connectivity index (χ4v) is 4.39. The number of anilines is 1. The summed E-state index contributed by atoms with van der Waals surface area (Å²) in [4.78, 5) is 22.4. The van der Waals surface area contributed by atoms with Crippen molar-refractivity contribution in [1.29, 1.82) is 0 Å². The maximum Gasteiger partial charge on any atom is 0.335 e. The third kappa shape index (κ3) is 5.49. The summed E-state index contributed by atoms with van der Waals surface area (Å²) in [5.74, 6) is -2.78. The van der Waals surface area contributed by atoms with Crippen molar-refractivity contribution in [3.63, 3.8) is 0 Å². The molecule has 0 aliphatic heterocycles. The third-order valence-electron chi connectivity index (χ3n) is 4.80. The van der Waals surface area contributed by atoms with Crippen LogP contribution in [0.4, 0.5) is 17.2 Å². The molecule has 0 aliphatic carbocycles. The lowest BCUT2D eigenvalue weighted by Gasteiger charge is -2.15. The maximum absolute atomic E-state index is 11.5. The zero-order chi connectivity index (χ0) is 27.2. The van der Waals surface area contributed by atoms with Gasteiger partial charge in [-0.3, -0.25) is 4.55 Å². The minimum Gasteiger partial charge on any atom is -0.478 e. The molecule has 0 fully saturated rings. The van der Waals surface area contributed by atoms with Crippen LogP contribution in [0.2, 0.25) is 10.0 Å². The smallest absolute Gasteiger partial charge is 0.335 e. The number of aromatic carboxylic acids is 2. The van der Waals surface area contributed by atoms with Crippen molar-refractivity contribution >= 4 is 62.5 Å². The average Bonchev–Trinajstić information content (AvgIpc) is 3.09. The molecule has 190 valence electrons. The Labute approximate surface area is 214 Å². The molecular weight excluding hydrogens is 537 g/mol. The molecule has 3 rings (SSSR count). The van der Waals surface area contributed by atoms with Crippen molar-refractivity contribution in [2.24, 2.45) is 10.2 Å². The Morgan fingerprint density at radius 2 is 1.53 bits per heavy atom. The summed E-state index contributed by atoms with van der Waals surface area (Å²) < 4.78 is 33.2. The second kappa shape index (κ2) is 9.50. The predicted octanol–water partition coefficient (Wildman–Crippen LogP) is 5.12. The van der Waals surface area contributed by atoms with Crippen LogP contribution < -0.4 is 5.73 Å².